The summed E-state index contributed by atoms with van der Waals surface area (Å²) in [6, 6.07) is 7.47. The van der Waals surface area contributed by atoms with Crippen LogP contribution in [0.1, 0.15) is 19.8 Å². The highest BCUT2D eigenvalue weighted by molar-refractivity contribution is 7.93. The molecule has 2 aromatic rings. The second kappa shape index (κ2) is 10.8. The lowest BCUT2D eigenvalue weighted by Gasteiger charge is -2.35. The number of benzene rings is 1. The minimum absolute atomic E-state index is 0.119. The molecule has 1 fully saturated rings. The smallest absolute Gasteiger partial charge is 0.258 e. The van der Waals surface area contributed by atoms with Crippen LogP contribution in [-0.2, 0) is 24.7 Å². The molecule has 1 aliphatic heterocycles. The summed E-state index contributed by atoms with van der Waals surface area (Å²) in [5, 5.41) is 3.69. The Morgan fingerprint density at radius 2 is 1.86 bits per heavy atom. The van der Waals surface area contributed by atoms with E-state index in [1.807, 2.05) is 0 Å². The summed E-state index contributed by atoms with van der Waals surface area (Å²) in [6.45, 7) is 1.02. The van der Waals surface area contributed by atoms with Gasteiger partial charge < -0.3 is 10.1 Å². The van der Waals surface area contributed by atoms with Gasteiger partial charge in [0.15, 0.2) is 15.5 Å². The zero-order chi connectivity index (χ0) is 26.7. The molecule has 1 aliphatic rings. The highest BCUT2D eigenvalue weighted by Gasteiger charge is 2.45. The maximum atomic E-state index is 15.4. The molecule has 13 heteroatoms. The molecule has 9 nitrogen and oxygen atoms in total. The molecule has 0 spiro atoms. The summed E-state index contributed by atoms with van der Waals surface area (Å²) in [5.41, 5.74) is -1.55. The number of methoxy groups -OCH3 is 1. The maximum Gasteiger partial charge on any atom is 0.258 e. The Morgan fingerprint density at radius 3 is 2.44 bits per heavy atom. The SMILES string of the molecule is COc1cc(-c2ccccc2Cl)c(S(=O)(=O)N2CCC(F)(C(=O)N[C@H](C)/C=C\S(C)(=O)=O)CC2)cn1. The number of carbonyl (C=O) groups is 1. The van der Waals surface area contributed by atoms with E-state index in [1.165, 1.54) is 32.4 Å². The fourth-order valence-electron chi connectivity index (χ4n) is 3.72. The average molecular weight is 560 g/mol. The highest BCUT2D eigenvalue weighted by atomic mass is 35.5. The Hall–Kier alpha value is -2.54. The third-order valence-electron chi connectivity index (χ3n) is 5.73. The van der Waals surface area contributed by atoms with Crippen LogP contribution in [-0.4, -0.2) is 70.2 Å². The highest BCUT2D eigenvalue weighted by Crippen LogP contribution is 2.37. The molecule has 0 aliphatic carbocycles. The van der Waals surface area contributed by atoms with E-state index in [0.717, 1.165) is 16.0 Å². The summed E-state index contributed by atoms with van der Waals surface area (Å²) in [5.74, 6) is -0.728. The lowest BCUT2D eigenvalue weighted by molar-refractivity contribution is -0.135. The molecule has 0 saturated carbocycles. The molecule has 1 N–H and O–H groups in total. The van der Waals surface area contributed by atoms with Gasteiger partial charge in [-0.1, -0.05) is 35.9 Å². The molecule has 1 aromatic heterocycles. The number of hydrogen-bond acceptors (Lipinski definition) is 7. The lowest BCUT2D eigenvalue weighted by atomic mass is 9.93. The van der Waals surface area contributed by atoms with Crippen molar-refractivity contribution in [1.82, 2.24) is 14.6 Å². The minimum atomic E-state index is -4.13. The minimum Gasteiger partial charge on any atom is -0.481 e. The van der Waals surface area contributed by atoms with Gasteiger partial charge in [-0.25, -0.2) is 26.2 Å². The molecular weight excluding hydrogens is 533 g/mol. The van der Waals surface area contributed by atoms with Gasteiger partial charge in [-0.05, 0) is 13.0 Å². The van der Waals surface area contributed by atoms with E-state index in [0.29, 0.717) is 10.6 Å². The summed E-state index contributed by atoms with van der Waals surface area (Å²) in [7, 11) is -6.12. The Balaban J connectivity index is 1.81. The van der Waals surface area contributed by atoms with E-state index in [4.69, 9.17) is 16.3 Å². The van der Waals surface area contributed by atoms with Gasteiger partial charge in [0, 0.05) is 65.9 Å². The van der Waals surface area contributed by atoms with E-state index >= 15 is 4.39 Å². The van der Waals surface area contributed by atoms with Crippen molar-refractivity contribution < 1.29 is 30.8 Å². The van der Waals surface area contributed by atoms with Crippen LogP contribution in [0.3, 0.4) is 0 Å². The van der Waals surface area contributed by atoms with Crippen LogP contribution in [0.5, 0.6) is 5.88 Å². The number of amides is 1. The Labute approximate surface area is 215 Å². The van der Waals surface area contributed by atoms with E-state index in [9.17, 15) is 21.6 Å². The van der Waals surface area contributed by atoms with Crippen molar-refractivity contribution in [3.63, 3.8) is 0 Å². The molecule has 36 heavy (non-hydrogen) atoms. The van der Waals surface area contributed by atoms with E-state index < -0.39 is 37.5 Å². The molecule has 1 amide bonds. The number of pyridine rings is 1. The second-order valence-electron chi connectivity index (χ2n) is 8.49. The number of ether oxygens (including phenoxy) is 1. The third kappa shape index (κ3) is 6.41. The fraction of sp³-hybridized carbons (Fsp3) is 0.391. The number of piperidine rings is 1. The summed E-state index contributed by atoms with van der Waals surface area (Å²) in [4.78, 5) is 16.5. The van der Waals surface area contributed by atoms with Crippen molar-refractivity contribution in [1.29, 1.82) is 0 Å². The van der Waals surface area contributed by atoms with E-state index in [1.54, 1.807) is 24.3 Å². The standard InChI is InChI=1S/C23H27ClFN3O6S2/c1-16(8-13-35(3,30)31)27-22(29)23(25)9-11-28(12-10-23)36(32,33)20-15-26-21(34-2)14-18(20)17-6-4-5-7-19(17)24/h4-8,13-16H,9-12H2,1-3H3,(H,27,29)/b13-8-/t16-/m1/s1. The Morgan fingerprint density at radius 1 is 1.22 bits per heavy atom. The van der Waals surface area contributed by atoms with Gasteiger partial charge in [-0.2, -0.15) is 4.31 Å². The zero-order valence-corrected chi connectivity index (χ0v) is 22.3. The number of halogens is 2. The number of rotatable bonds is 8. The van der Waals surface area contributed by atoms with Crippen molar-refractivity contribution in [2.24, 2.45) is 0 Å². The number of nitrogens with zero attached hydrogens (tertiary/aromatic N) is 2. The van der Waals surface area contributed by atoms with Crippen molar-refractivity contribution in [3.05, 3.63) is 53.0 Å². The first-order chi connectivity index (χ1) is 16.8. The molecule has 1 aromatic carbocycles. The molecule has 0 unspecified atom stereocenters. The number of carbonyl (C=O) groups excluding carboxylic acids is 1. The molecule has 0 bridgehead atoms. The van der Waals surface area contributed by atoms with Crippen LogP contribution < -0.4 is 10.1 Å². The van der Waals surface area contributed by atoms with Crippen LogP contribution in [0.4, 0.5) is 4.39 Å². The van der Waals surface area contributed by atoms with Gasteiger partial charge in [0.25, 0.3) is 5.91 Å². The third-order valence-corrected chi connectivity index (χ3v) is 8.64. The number of nitrogens with one attached hydrogen (secondary N) is 1. The number of sulfonamides is 1. The number of hydrogen-bond donors (Lipinski definition) is 1. The molecule has 1 saturated heterocycles. The van der Waals surface area contributed by atoms with Crippen molar-refractivity contribution >= 4 is 37.4 Å². The maximum absolute atomic E-state index is 15.4. The second-order valence-corrected chi connectivity index (χ2v) is 12.7. The van der Waals surface area contributed by atoms with Crippen molar-refractivity contribution in [2.75, 3.05) is 26.5 Å². The van der Waals surface area contributed by atoms with Crippen molar-refractivity contribution in [3.8, 4) is 17.0 Å². The number of alkyl halides is 1. The first-order valence-corrected chi connectivity index (χ1v) is 14.7. The van der Waals surface area contributed by atoms with Gasteiger partial charge in [0.2, 0.25) is 15.9 Å². The number of sulfone groups is 1. The Kier molecular flexibility index (Phi) is 8.44. The summed E-state index contributed by atoms with van der Waals surface area (Å²) >= 11 is 6.32. The molecule has 3 rings (SSSR count). The van der Waals surface area contributed by atoms with Gasteiger partial charge in [0.1, 0.15) is 4.90 Å². The first-order valence-electron chi connectivity index (χ1n) is 10.9. The van der Waals surface area contributed by atoms with Crippen LogP contribution in [0.25, 0.3) is 11.1 Å². The average Bonchev–Trinajstić information content (AvgIpc) is 2.82. The molecule has 1 atom stereocenters. The lowest BCUT2D eigenvalue weighted by Crippen LogP contribution is -2.53. The molecule has 2 heterocycles. The topological polar surface area (TPSA) is 123 Å². The molecular formula is C23H27ClFN3O6S2. The predicted molar refractivity (Wildman–Crippen MR) is 135 cm³/mol. The normalized spacial score (nSPS) is 17.6. The van der Waals surface area contributed by atoms with Crippen LogP contribution in [0, 0.1) is 0 Å². The van der Waals surface area contributed by atoms with E-state index in [-0.39, 0.29) is 42.3 Å². The molecule has 196 valence electrons. The number of aromatic nitrogens is 1. The Bertz CT molecular complexity index is 1370. The predicted octanol–water partition coefficient (Wildman–Crippen LogP) is 2.97. The quantitative estimate of drug-likeness (QED) is 0.527. The largest absolute Gasteiger partial charge is 0.481 e. The fourth-order valence-corrected chi connectivity index (χ4v) is 6.06. The van der Waals surface area contributed by atoms with Crippen LogP contribution in [0.15, 0.2) is 52.9 Å². The van der Waals surface area contributed by atoms with Crippen LogP contribution >= 0.6 is 11.6 Å². The summed E-state index contributed by atoms with van der Waals surface area (Å²) < 4.78 is 71.3. The zero-order valence-electron chi connectivity index (χ0n) is 19.9. The van der Waals surface area contributed by atoms with Gasteiger partial charge in [-0.3, -0.25) is 4.79 Å². The van der Waals surface area contributed by atoms with Gasteiger partial charge in [-0.15, -0.1) is 0 Å². The van der Waals surface area contributed by atoms with Gasteiger partial charge in [0.05, 0.1) is 13.3 Å². The van der Waals surface area contributed by atoms with E-state index in [2.05, 4.69) is 10.3 Å². The van der Waals surface area contributed by atoms with Crippen molar-refractivity contribution in [2.45, 2.75) is 36.4 Å². The monoisotopic (exact) mass is 559 g/mol. The van der Waals surface area contributed by atoms with Gasteiger partial charge >= 0.3 is 0 Å². The molecule has 0 radical (unpaired) electrons. The van der Waals surface area contributed by atoms with Crippen LogP contribution in [0.2, 0.25) is 5.02 Å². The summed E-state index contributed by atoms with van der Waals surface area (Å²) in [6.07, 6.45) is 2.67. The first kappa shape index (κ1) is 28.0.